The Hall–Kier alpha value is -1.16. The highest BCUT2D eigenvalue weighted by Crippen LogP contribution is 2.39. The molecule has 1 N–H and O–H groups in total. The number of carbonyl (C=O) groups is 1. The fourth-order valence-electron chi connectivity index (χ4n) is 6.06. The summed E-state index contributed by atoms with van der Waals surface area (Å²) in [5, 5.41) is 6.99. The number of piperidine rings is 1. The summed E-state index contributed by atoms with van der Waals surface area (Å²) in [4.78, 5) is 14.6. The average Bonchev–Trinajstić information content (AvgIpc) is 2.99. The highest BCUT2D eigenvalue weighted by atomic mass is 35.5. The van der Waals surface area contributed by atoms with Crippen molar-refractivity contribution in [1.82, 2.24) is 10.2 Å². The largest absolute Gasteiger partial charge is 0.309 e. The SMILES string of the molecule is C/C=c1/cc(CN2C3CCC2CC(C(C)=O)C3)cc/c1=C(\Cl)CNC1CCC(C)CC1. The van der Waals surface area contributed by atoms with E-state index in [2.05, 4.69) is 48.3 Å². The lowest BCUT2D eigenvalue weighted by Gasteiger charge is -2.38. The first kappa shape index (κ1) is 23.0. The molecule has 2 atom stereocenters. The zero-order valence-corrected chi connectivity index (χ0v) is 20.3. The molecule has 4 heteroatoms. The minimum absolute atomic E-state index is 0.281. The molecule has 1 aromatic rings. The van der Waals surface area contributed by atoms with Crippen LogP contribution in [0.1, 0.15) is 77.7 Å². The molecule has 0 amide bonds. The molecule has 1 aromatic carbocycles. The molecule has 31 heavy (non-hydrogen) atoms. The summed E-state index contributed by atoms with van der Waals surface area (Å²) in [6.07, 6.45) is 11.9. The summed E-state index contributed by atoms with van der Waals surface area (Å²) >= 11 is 6.78. The Morgan fingerprint density at radius 3 is 2.42 bits per heavy atom. The van der Waals surface area contributed by atoms with Gasteiger partial charge in [0.2, 0.25) is 0 Å². The lowest BCUT2D eigenvalue weighted by Crippen LogP contribution is -2.44. The van der Waals surface area contributed by atoms with Gasteiger partial charge in [-0.15, -0.1) is 0 Å². The number of Topliss-reactive ketones (excluding diaryl/α,β-unsaturated/α-hetero) is 1. The fraction of sp³-hybridized carbons (Fsp3) is 0.667. The standard InChI is InChI=1S/C27H39ClN2O/c1-4-21-13-20(17-30-24-10-11-25(30)15-22(14-24)19(3)31)7-12-26(21)27(28)16-29-23-8-5-18(2)6-9-23/h4,7,12-13,18,22-25,29H,5-6,8-11,14-17H2,1-3H3/b21-4-,27-26+. The molecule has 3 fully saturated rings. The van der Waals surface area contributed by atoms with Crippen LogP contribution < -0.4 is 15.8 Å². The molecule has 0 aromatic heterocycles. The third kappa shape index (κ3) is 5.43. The minimum atomic E-state index is 0.281. The van der Waals surface area contributed by atoms with Crippen molar-refractivity contribution >= 4 is 28.5 Å². The highest BCUT2D eigenvalue weighted by molar-refractivity contribution is 6.45. The number of carbonyl (C=O) groups excluding carboxylic acids is 1. The van der Waals surface area contributed by atoms with E-state index < -0.39 is 0 Å². The Kier molecular flexibility index (Phi) is 7.56. The molecule has 1 saturated carbocycles. The maximum atomic E-state index is 11.9. The molecule has 2 saturated heterocycles. The molecular formula is C27H39ClN2O. The summed E-state index contributed by atoms with van der Waals surface area (Å²) in [6, 6.07) is 8.52. The smallest absolute Gasteiger partial charge is 0.133 e. The lowest BCUT2D eigenvalue weighted by molar-refractivity contribution is -0.123. The van der Waals surface area contributed by atoms with Crippen LogP contribution in [0.15, 0.2) is 18.2 Å². The number of hydrogen-bond donors (Lipinski definition) is 1. The summed E-state index contributed by atoms with van der Waals surface area (Å²) in [6.45, 7) is 7.97. The molecule has 1 aliphatic carbocycles. The Labute approximate surface area is 192 Å². The topological polar surface area (TPSA) is 32.3 Å². The van der Waals surface area contributed by atoms with Gasteiger partial charge in [0.1, 0.15) is 5.78 Å². The van der Waals surface area contributed by atoms with Crippen molar-refractivity contribution in [3.63, 3.8) is 0 Å². The molecule has 2 heterocycles. The maximum Gasteiger partial charge on any atom is 0.133 e. The zero-order chi connectivity index (χ0) is 22.0. The minimum Gasteiger partial charge on any atom is -0.309 e. The first-order valence-corrected chi connectivity index (χ1v) is 12.8. The van der Waals surface area contributed by atoms with Gasteiger partial charge in [0.25, 0.3) is 0 Å². The van der Waals surface area contributed by atoms with Gasteiger partial charge >= 0.3 is 0 Å². The second-order valence-electron chi connectivity index (χ2n) is 10.3. The third-order valence-corrected chi connectivity index (χ3v) is 8.44. The Balaban J connectivity index is 1.44. The number of halogens is 1. The van der Waals surface area contributed by atoms with Gasteiger partial charge in [-0.05, 0) is 87.1 Å². The summed E-state index contributed by atoms with van der Waals surface area (Å²) < 4.78 is 0. The molecule has 3 aliphatic rings. The predicted molar refractivity (Wildman–Crippen MR) is 130 cm³/mol. The Morgan fingerprint density at radius 2 is 1.81 bits per heavy atom. The van der Waals surface area contributed by atoms with E-state index in [-0.39, 0.29) is 5.92 Å². The molecule has 2 unspecified atom stereocenters. The van der Waals surface area contributed by atoms with Crippen LogP contribution in [0, 0.1) is 11.8 Å². The van der Waals surface area contributed by atoms with Crippen LogP contribution in [0.5, 0.6) is 0 Å². The van der Waals surface area contributed by atoms with E-state index in [1.54, 1.807) is 6.92 Å². The number of nitrogens with one attached hydrogen (secondary N) is 1. The number of benzene rings is 1. The molecule has 0 radical (unpaired) electrons. The molecule has 2 aliphatic heterocycles. The first-order chi connectivity index (χ1) is 14.9. The molecule has 3 nitrogen and oxygen atoms in total. The molecule has 2 bridgehead atoms. The number of nitrogens with zero attached hydrogens (tertiary/aromatic N) is 1. The van der Waals surface area contributed by atoms with Crippen molar-refractivity contribution in [2.45, 2.75) is 96.8 Å². The predicted octanol–water partition coefficient (Wildman–Crippen LogP) is 4.33. The second-order valence-corrected chi connectivity index (χ2v) is 10.7. The Bertz CT molecular complexity index is 888. The van der Waals surface area contributed by atoms with E-state index in [0.717, 1.165) is 42.1 Å². The van der Waals surface area contributed by atoms with Crippen LogP contribution in [0.3, 0.4) is 0 Å². The van der Waals surface area contributed by atoms with Gasteiger partial charge < -0.3 is 5.32 Å². The fourth-order valence-corrected chi connectivity index (χ4v) is 6.31. The van der Waals surface area contributed by atoms with Crippen LogP contribution in [0.2, 0.25) is 0 Å². The molecule has 4 rings (SSSR count). The Morgan fingerprint density at radius 1 is 1.13 bits per heavy atom. The van der Waals surface area contributed by atoms with E-state index in [4.69, 9.17) is 11.6 Å². The van der Waals surface area contributed by atoms with E-state index >= 15 is 0 Å². The van der Waals surface area contributed by atoms with Crippen molar-refractivity contribution in [3.05, 3.63) is 34.2 Å². The van der Waals surface area contributed by atoms with Crippen LogP contribution in [-0.2, 0) is 11.3 Å². The number of hydrogen-bond acceptors (Lipinski definition) is 3. The quantitative estimate of drug-likeness (QED) is 0.711. The van der Waals surface area contributed by atoms with E-state index in [9.17, 15) is 4.79 Å². The molecule has 0 spiro atoms. The summed E-state index contributed by atoms with van der Waals surface area (Å²) in [7, 11) is 0. The number of ketones is 1. The molecule has 170 valence electrons. The van der Waals surface area contributed by atoms with Crippen molar-refractivity contribution in [3.8, 4) is 0 Å². The summed E-state index contributed by atoms with van der Waals surface area (Å²) in [5.41, 5.74) is 1.36. The highest BCUT2D eigenvalue weighted by Gasteiger charge is 2.41. The monoisotopic (exact) mass is 442 g/mol. The van der Waals surface area contributed by atoms with E-state index in [1.807, 2.05) is 0 Å². The van der Waals surface area contributed by atoms with E-state index in [0.29, 0.717) is 23.9 Å². The van der Waals surface area contributed by atoms with Crippen molar-refractivity contribution in [2.24, 2.45) is 11.8 Å². The van der Waals surface area contributed by atoms with Gasteiger partial charge in [-0.25, -0.2) is 0 Å². The van der Waals surface area contributed by atoms with Crippen molar-refractivity contribution in [1.29, 1.82) is 0 Å². The van der Waals surface area contributed by atoms with Gasteiger partial charge in [0, 0.05) is 42.2 Å². The maximum absolute atomic E-state index is 11.9. The van der Waals surface area contributed by atoms with Crippen LogP contribution >= 0.6 is 11.6 Å². The van der Waals surface area contributed by atoms with Gasteiger partial charge in [0.05, 0.1) is 0 Å². The zero-order valence-electron chi connectivity index (χ0n) is 19.5. The van der Waals surface area contributed by atoms with Crippen molar-refractivity contribution in [2.75, 3.05) is 6.54 Å². The van der Waals surface area contributed by atoms with Crippen molar-refractivity contribution < 1.29 is 4.79 Å². The molecular weight excluding hydrogens is 404 g/mol. The van der Waals surface area contributed by atoms with Crippen LogP contribution in [0.4, 0.5) is 0 Å². The van der Waals surface area contributed by atoms with Gasteiger partial charge in [-0.1, -0.05) is 42.8 Å². The summed E-state index contributed by atoms with van der Waals surface area (Å²) in [5.74, 6) is 1.53. The van der Waals surface area contributed by atoms with E-state index in [1.165, 1.54) is 49.3 Å². The van der Waals surface area contributed by atoms with Crippen LogP contribution in [0.25, 0.3) is 11.1 Å². The van der Waals surface area contributed by atoms with Gasteiger partial charge in [-0.3, -0.25) is 9.69 Å². The van der Waals surface area contributed by atoms with Gasteiger partial charge in [0.15, 0.2) is 0 Å². The number of rotatable bonds is 6. The third-order valence-electron chi connectivity index (χ3n) is 8.11. The lowest BCUT2D eigenvalue weighted by atomic mass is 9.87. The number of fused-ring (bicyclic) bond motifs is 2. The normalized spacial score (nSPS) is 32.9. The van der Waals surface area contributed by atoms with Gasteiger partial charge in [-0.2, -0.15) is 0 Å². The average molecular weight is 443 g/mol. The second kappa shape index (κ2) is 10.2. The van der Waals surface area contributed by atoms with Crippen LogP contribution in [-0.4, -0.2) is 35.4 Å². The first-order valence-electron chi connectivity index (χ1n) is 12.4.